The van der Waals surface area contributed by atoms with Gasteiger partial charge in [-0.1, -0.05) is 18.6 Å². The van der Waals surface area contributed by atoms with Crippen LogP contribution in [0.2, 0.25) is 0 Å². The molecule has 0 amide bonds. The summed E-state index contributed by atoms with van der Waals surface area (Å²) < 4.78 is 18.9. The van der Waals surface area contributed by atoms with Gasteiger partial charge in [-0.05, 0) is 62.7 Å². The van der Waals surface area contributed by atoms with Crippen molar-refractivity contribution < 1.29 is 19.3 Å². The second-order valence-corrected chi connectivity index (χ2v) is 9.75. The minimum absolute atomic E-state index is 0.155. The van der Waals surface area contributed by atoms with E-state index in [0.717, 1.165) is 34.4 Å². The molecule has 1 saturated heterocycles. The second kappa shape index (κ2) is 12.2. The number of aliphatic hydroxyl groups is 1. The average Bonchev–Trinajstić information content (AvgIpc) is 3.47. The quantitative estimate of drug-likeness (QED) is 0.403. The molecule has 0 radical (unpaired) electrons. The third kappa shape index (κ3) is 5.98. The van der Waals surface area contributed by atoms with E-state index in [2.05, 4.69) is 20.9 Å². The van der Waals surface area contributed by atoms with E-state index in [9.17, 15) is 0 Å². The van der Waals surface area contributed by atoms with Crippen LogP contribution in [0.25, 0.3) is 27.9 Å². The molecule has 39 heavy (non-hydrogen) atoms. The molecule has 3 aromatic heterocycles. The van der Waals surface area contributed by atoms with Crippen LogP contribution in [-0.2, 0) is 0 Å². The summed E-state index contributed by atoms with van der Waals surface area (Å²) in [6.07, 6.45) is 9.11. The standard InChI is InChI=1S/C22H16N4O3.C8H17NO/c1-27-19-9-17(15-4-2-14(10-23)3-5-15)21(26-13-24-12-18(19)26)16-8-20-22(25-11-16)29-7-6-28-20;1-8(10)7-9-5-3-2-4-6-9/h2-5,8-9,11-13H,6-7H2,1H3;8,10H,2-7H2,1H3. The van der Waals surface area contributed by atoms with Gasteiger partial charge in [0.15, 0.2) is 5.75 Å². The van der Waals surface area contributed by atoms with Crippen LogP contribution < -0.4 is 14.2 Å². The highest BCUT2D eigenvalue weighted by Gasteiger charge is 2.20. The third-order valence-corrected chi connectivity index (χ3v) is 6.85. The molecular formula is C30H33N5O4. The molecule has 5 heterocycles. The van der Waals surface area contributed by atoms with Gasteiger partial charge in [-0.15, -0.1) is 0 Å². The van der Waals surface area contributed by atoms with Gasteiger partial charge < -0.3 is 24.2 Å². The van der Waals surface area contributed by atoms with Crippen LogP contribution in [-0.4, -0.2) is 70.4 Å². The first-order chi connectivity index (χ1) is 19.1. The Morgan fingerprint density at radius 2 is 1.82 bits per heavy atom. The number of ether oxygens (including phenoxy) is 3. The molecule has 9 nitrogen and oxygen atoms in total. The van der Waals surface area contributed by atoms with E-state index in [1.165, 1.54) is 32.4 Å². The van der Waals surface area contributed by atoms with Crippen molar-refractivity contribution in [2.24, 2.45) is 0 Å². The molecule has 0 bridgehead atoms. The maximum absolute atomic E-state index is 9.12. The molecule has 2 aliphatic rings. The third-order valence-electron chi connectivity index (χ3n) is 6.85. The van der Waals surface area contributed by atoms with Crippen molar-refractivity contribution in [3.8, 4) is 45.8 Å². The number of rotatable bonds is 5. The van der Waals surface area contributed by atoms with Crippen LogP contribution >= 0.6 is 0 Å². The lowest BCUT2D eigenvalue weighted by atomic mass is 9.98. The summed E-state index contributed by atoms with van der Waals surface area (Å²) in [4.78, 5) is 11.1. The molecule has 9 heteroatoms. The Kier molecular flexibility index (Phi) is 8.25. The van der Waals surface area contributed by atoms with Crippen LogP contribution in [0.5, 0.6) is 17.4 Å². The number of hydrogen-bond donors (Lipinski definition) is 1. The number of methoxy groups -OCH3 is 1. The van der Waals surface area contributed by atoms with E-state index in [1.807, 2.05) is 35.6 Å². The van der Waals surface area contributed by atoms with Crippen molar-refractivity contribution in [2.75, 3.05) is 40.0 Å². The zero-order chi connectivity index (χ0) is 27.2. The first-order valence-electron chi connectivity index (χ1n) is 13.3. The highest BCUT2D eigenvalue weighted by Crippen LogP contribution is 2.40. The highest BCUT2D eigenvalue weighted by molar-refractivity contribution is 5.86. The zero-order valence-corrected chi connectivity index (χ0v) is 22.3. The van der Waals surface area contributed by atoms with Gasteiger partial charge in [-0.2, -0.15) is 5.26 Å². The summed E-state index contributed by atoms with van der Waals surface area (Å²) in [5.74, 6) is 1.81. The molecule has 4 aromatic rings. The summed E-state index contributed by atoms with van der Waals surface area (Å²) in [6, 6.07) is 13.5. The van der Waals surface area contributed by atoms with Gasteiger partial charge in [0.25, 0.3) is 5.88 Å². The van der Waals surface area contributed by atoms with Gasteiger partial charge in [-0.25, -0.2) is 9.97 Å². The second-order valence-electron chi connectivity index (χ2n) is 9.75. The number of fused-ring (bicyclic) bond motifs is 2. The maximum Gasteiger partial charge on any atom is 0.257 e. The lowest BCUT2D eigenvalue weighted by molar-refractivity contribution is 0.114. The van der Waals surface area contributed by atoms with Crippen molar-refractivity contribution >= 4 is 5.52 Å². The SMILES string of the molecule is CC(O)CN1CCCCC1.COc1cc(-c2ccc(C#N)cc2)c(-c2cnc3c(c2)OCCO3)n2cncc12. The number of hydrogen-bond acceptors (Lipinski definition) is 8. The van der Waals surface area contributed by atoms with Crippen LogP contribution in [0.4, 0.5) is 0 Å². The highest BCUT2D eigenvalue weighted by atomic mass is 16.6. The number of pyridine rings is 2. The number of aromatic nitrogens is 3. The molecule has 1 aromatic carbocycles. The summed E-state index contributed by atoms with van der Waals surface area (Å²) in [6.45, 7) is 6.07. The van der Waals surface area contributed by atoms with E-state index in [4.69, 9.17) is 24.6 Å². The molecule has 6 rings (SSSR count). The predicted molar refractivity (Wildman–Crippen MR) is 148 cm³/mol. The van der Waals surface area contributed by atoms with Crippen LogP contribution in [0.3, 0.4) is 0 Å². The minimum Gasteiger partial charge on any atom is -0.494 e. The van der Waals surface area contributed by atoms with Gasteiger partial charge >= 0.3 is 0 Å². The van der Waals surface area contributed by atoms with Gasteiger partial charge in [0.2, 0.25) is 0 Å². The number of aliphatic hydroxyl groups excluding tert-OH is 1. The number of imidazole rings is 1. The average molecular weight is 528 g/mol. The predicted octanol–water partition coefficient (Wildman–Crippen LogP) is 4.57. The van der Waals surface area contributed by atoms with Crippen molar-refractivity contribution in [1.29, 1.82) is 5.26 Å². The fourth-order valence-electron chi connectivity index (χ4n) is 5.04. The van der Waals surface area contributed by atoms with Crippen LogP contribution in [0, 0.1) is 11.3 Å². The smallest absolute Gasteiger partial charge is 0.257 e. The number of β-amino-alcohol motifs (C(OH)–C–C–N with tert-alkyl or cyclic N) is 1. The van der Waals surface area contributed by atoms with Crippen molar-refractivity contribution in [3.63, 3.8) is 0 Å². The number of nitriles is 1. The Hall–Kier alpha value is -4.13. The molecule has 0 spiro atoms. The summed E-state index contributed by atoms with van der Waals surface area (Å²) >= 11 is 0. The van der Waals surface area contributed by atoms with E-state index in [1.54, 1.807) is 38.0 Å². The topological polar surface area (TPSA) is 105 Å². The first-order valence-corrected chi connectivity index (χ1v) is 13.3. The van der Waals surface area contributed by atoms with Gasteiger partial charge in [0, 0.05) is 23.9 Å². The van der Waals surface area contributed by atoms with Crippen LogP contribution in [0.1, 0.15) is 31.7 Å². The van der Waals surface area contributed by atoms with Crippen molar-refractivity contribution in [1.82, 2.24) is 19.3 Å². The Morgan fingerprint density at radius 3 is 2.54 bits per heavy atom. The molecular weight excluding hydrogens is 494 g/mol. The summed E-state index contributed by atoms with van der Waals surface area (Å²) in [7, 11) is 1.64. The van der Waals surface area contributed by atoms with Crippen molar-refractivity contribution in [3.05, 3.63) is 60.7 Å². The molecule has 0 saturated carbocycles. The maximum atomic E-state index is 9.12. The summed E-state index contributed by atoms with van der Waals surface area (Å²) in [5.41, 5.74) is 5.08. The molecule has 2 aliphatic heterocycles. The molecule has 202 valence electrons. The first kappa shape index (κ1) is 26.5. The molecule has 1 unspecified atom stereocenters. The fraction of sp³-hybridized carbons (Fsp3) is 0.367. The normalized spacial score (nSPS) is 15.6. The molecule has 1 N–H and O–H groups in total. The lowest BCUT2D eigenvalue weighted by Crippen LogP contribution is -2.35. The van der Waals surface area contributed by atoms with E-state index < -0.39 is 0 Å². The zero-order valence-electron chi connectivity index (χ0n) is 22.3. The lowest BCUT2D eigenvalue weighted by Gasteiger charge is -2.27. The molecule has 1 atom stereocenters. The van der Waals surface area contributed by atoms with Gasteiger partial charge in [0.1, 0.15) is 24.5 Å². The number of piperidine rings is 1. The Bertz CT molecular complexity index is 1450. The Labute approximate surface area is 228 Å². The van der Waals surface area contributed by atoms with E-state index in [-0.39, 0.29) is 6.10 Å². The monoisotopic (exact) mass is 527 g/mol. The van der Waals surface area contributed by atoms with E-state index in [0.29, 0.717) is 36.2 Å². The van der Waals surface area contributed by atoms with Crippen molar-refractivity contribution in [2.45, 2.75) is 32.3 Å². The van der Waals surface area contributed by atoms with Gasteiger partial charge in [-0.3, -0.25) is 4.40 Å². The Balaban J connectivity index is 0.000000261. The van der Waals surface area contributed by atoms with Crippen LogP contribution in [0.15, 0.2) is 55.1 Å². The number of nitrogens with zero attached hydrogens (tertiary/aromatic N) is 5. The Morgan fingerprint density at radius 1 is 1.05 bits per heavy atom. The molecule has 0 aliphatic carbocycles. The number of benzene rings is 1. The number of likely N-dealkylation sites (tertiary alicyclic amines) is 1. The fourth-order valence-corrected chi connectivity index (χ4v) is 5.04. The summed E-state index contributed by atoms with van der Waals surface area (Å²) in [5, 5.41) is 18.2. The largest absolute Gasteiger partial charge is 0.494 e. The van der Waals surface area contributed by atoms with E-state index >= 15 is 0 Å². The minimum atomic E-state index is -0.155. The van der Waals surface area contributed by atoms with Gasteiger partial charge in [0.05, 0.1) is 43.1 Å². The molecule has 1 fully saturated rings.